The fraction of sp³-hybridized carbons (Fsp3) is 0.583. The lowest BCUT2D eigenvalue weighted by Gasteiger charge is -2.32. The van der Waals surface area contributed by atoms with Gasteiger partial charge in [0, 0.05) is 13.1 Å². The highest BCUT2D eigenvalue weighted by Gasteiger charge is 2.34. The Labute approximate surface area is 110 Å². The summed E-state index contributed by atoms with van der Waals surface area (Å²) in [6, 6.07) is 0.752. The Morgan fingerprint density at radius 1 is 1.58 bits per heavy atom. The molecule has 1 unspecified atom stereocenters. The van der Waals surface area contributed by atoms with E-state index in [1.54, 1.807) is 17.7 Å². The number of carboxylic acid groups (broad SMARTS) is 1. The van der Waals surface area contributed by atoms with Gasteiger partial charge in [-0.1, -0.05) is 0 Å². The number of nitrogens with zero attached hydrogens (tertiary/aromatic N) is 3. The smallest absolute Gasteiger partial charge is 0.328 e. The molecule has 0 saturated carbocycles. The number of hydrogen-bond donors (Lipinski definition) is 1. The fourth-order valence-electron chi connectivity index (χ4n) is 2.16. The van der Waals surface area contributed by atoms with Crippen molar-refractivity contribution in [3.63, 3.8) is 0 Å². The number of carboxylic acids is 1. The number of aliphatic carboxylic acids is 1. The maximum atomic E-state index is 12.5. The number of carbonyl (C=O) groups is 2. The van der Waals surface area contributed by atoms with Crippen LogP contribution in [0.25, 0.3) is 0 Å². The van der Waals surface area contributed by atoms with E-state index in [2.05, 4.69) is 5.10 Å². The number of aromatic nitrogens is 2. The molecule has 1 aliphatic rings. The van der Waals surface area contributed by atoms with Crippen LogP contribution in [-0.2, 0) is 16.1 Å². The minimum atomic E-state index is -1.05. The van der Waals surface area contributed by atoms with Gasteiger partial charge >= 0.3 is 5.97 Å². The van der Waals surface area contributed by atoms with E-state index in [0.29, 0.717) is 18.8 Å². The summed E-state index contributed by atoms with van der Waals surface area (Å²) in [5.74, 6) is -1.36. The van der Waals surface area contributed by atoms with Gasteiger partial charge in [-0.15, -0.1) is 0 Å². The second-order valence-electron chi connectivity index (χ2n) is 4.41. The van der Waals surface area contributed by atoms with E-state index >= 15 is 0 Å². The predicted molar refractivity (Wildman–Crippen MR) is 65.9 cm³/mol. The molecule has 0 bridgehead atoms. The lowest BCUT2D eigenvalue weighted by Crippen LogP contribution is -2.53. The third-order valence-electron chi connectivity index (χ3n) is 3.10. The van der Waals surface area contributed by atoms with Gasteiger partial charge in [0.05, 0.1) is 18.9 Å². The molecule has 1 aromatic rings. The molecule has 7 nitrogen and oxygen atoms in total. The number of hydrogen-bond acceptors (Lipinski definition) is 4. The van der Waals surface area contributed by atoms with Gasteiger partial charge in [0.2, 0.25) is 0 Å². The van der Waals surface area contributed by atoms with Crippen LogP contribution in [0, 0.1) is 6.92 Å². The van der Waals surface area contributed by atoms with Gasteiger partial charge in [0.1, 0.15) is 5.69 Å². The van der Waals surface area contributed by atoms with Crippen LogP contribution in [0.1, 0.15) is 23.1 Å². The maximum Gasteiger partial charge on any atom is 0.328 e. The molecule has 7 heteroatoms. The molecule has 1 fully saturated rings. The standard InChI is InChI=1S/C12H17N3O4/c1-3-15-9(6-8(2)13-15)11(16)14-4-5-19-7-10(14)12(17)18/h6,10H,3-5,7H2,1-2H3,(H,17,18). The number of ether oxygens (including phenoxy) is 1. The number of rotatable bonds is 3. The Kier molecular flexibility index (Phi) is 3.84. The summed E-state index contributed by atoms with van der Waals surface area (Å²) in [7, 11) is 0. The minimum absolute atomic E-state index is 0.0281. The summed E-state index contributed by atoms with van der Waals surface area (Å²) in [5, 5.41) is 13.3. The quantitative estimate of drug-likeness (QED) is 0.842. The molecule has 0 aromatic carbocycles. The second kappa shape index (κ2) is 5.40. The molecule has 1 amide bonds. The van der Waals surface area contributed by atoms with Crippen molar-refractivity contribution in [3.8, 4) is 0 Å². The molecule has 104 valence electrons. The van der Waals surface area contributed by atoms with Gasteiger partial charge in [-0.05, 0) is 19.9 Å². The molecule has 19 heavy (non-hydrogen) atoms. The predicted octanol–water partition coefficient (Wildman–Crippen LogP) is 0.137. The monoisotopic (exact) mass is 267 g/mol. The summed E-state index contributed by atoms with van der Waals surface area (Å²) in [5.41, 5.74) is 1.17. The Balaban J connectivity index is 2.28. The molecule has 2 heterocycles. The van der Waals surface area contributed by atoms with Crippen molar-refractivity contribution in [3.05, 3.63) is 17.5 Å². The van der Waals surface area contributed by atoms with E-state index in [-0.39, 0.29) is 19.1 Å². The highest BCUT2D eigenvalue weighted by atomic mass is 16.5. The summed E-state index contributed by atoms with van der Waals surface area (Å²) in [6.45, 7) is 4.92. The molecular weight excluding hydrogens is 250 g/mol. The zero-order valence-corrected chi connectivity index (χ0v) is 11.0. The average Bonchev–Trinajstić information content (AvgIpc) is 2.79. The van der Waals surface area contributed by atoms with Crippen molar-refractivity contribution in [2.24, 2.45) is 0 Å². The van der Waals surface area contributed by atoms with Gasteiger partial charge < -0.3 is 14.7 Å². The topological polar surface area (TPSA) is 84.7 Å². The average molecular weight is 267 g/mol. The molecular formula is C12H17N3O4. The first kappa shape index (κ1) is 13.5. The summed E-state index contributed by atoms with van der Waals surface area (Å²) < 4.78 is 6.71. The molecule has 1 saturated heterocycles. The lowest BCUT2D eigenvalue weighted by molar-refractivity contribution is -0.147. The second-order valence-corrected chi connectivity index (χ2v) is 4.41. The first-order chi connectivity index (χ1) is 9.04. The first-order valence-electron chi connectivity index (χ1n) is 6.20. The van der Waals surface area contributed by atoms with E-state index in [4.69, 9.17) is 9.84 Å². The van der Waals surface area contributed by atoms with Crippen molar-refractivity contribution in [2.75, 3.05) is 19.8 Å². The normalized spacial score (nSPS) is 19.5. The molecule has 1 aromatic heterocycles. The van der Waals surface area contributed by atoms with E-state index in [1.165, 1.54) is 4.90 Å². The number of aryl methyl sites for hydroxylation is 2. The van der Waals surface area contributed by atoms with Crippen LogP contribution in [-0.4, -0.2) is 57.5 Å². The minimum Gasteiger partial charge on any atom is -0.480 e. The van der Waals surface area contributed by atoms with Gasteiger partial charge in [-0.25, -0.2) is 4.79 Å². The number of carbonyl (C=O) groups excluding carboxylic acids is 1. The Hall–Kier alpha value is -1.89. The van der Waals surface area contributed by atoms with Crippen molar-refractivity contribution in [2.45, 2.75) is 26.4 Å². The highest BCUT2D eigenvalue weighted by molar-refractivity contribution is 5.95. The Morgan fingerprint density at radius 2 is 2.32 bits per heavy atom. The molecule has 1 atom stereocenters. The first-order valence-corrected chi connectivity index (χ1v) is 6.20. The van der Waals surface area contributed by atoms with Crippen molar-refractivity contribution in [1.29, 1.82) is 0 Å². The summed E-state index contributed by atoms with van der Waals surface area (Å²) in [6.07, 6.45) is 0. The maximum absolute atomic E-state index is 12.5. The molecule has 0 aliphatic carbocycles. The van der Waals surface area contributed by atoms with Crippen LogP contribution in [0.3, 0.4) is 0 Å². The fourth-order valence-corrected chi connectivity index (χ4v) is 2.16. The largest absolute Gasteiger partial charge is 0.480 e. The Bertz CT molecular complexity index is 497. The van der Waals surface area contributed by atoms with Crippen LogP contribution >= 0.6 is 0 Å². The zero-order chi connectivity index (χ0) is 14.0. The molecule has 1 N–H and O–H groups in total. The van der Waals surface area contributed by atoms with Gasteiger partial charge in [-0.3, -0.25) is 9.48 Å². The van der Waals surface area contributed by atoms with Crippen LogP contribution < -0.4 is 0 Å². The number of morpholine rings is 1. The third kappa shape index (κ3) is 2.60. The Morgan fingerprint density at radius 3 is 2.95 bits per heavy atom. The van der Waals surface area contributed by atoms with Crippen LogP contribution in [0.4, 0.5) is 0 Å². The summed E-state index contributed by atoms with van der Waals surface area (Å²) in [4.78, 5) is 25.0. The lowest BCUT2D eigenvalue weighted by atomic mass is 10.2. The summed E-state index contributed by atoms with van der Waals surface area (Å²) >= 11 is 0. The van der Waals surface area contributed by atoms with Crippen molar-refractivity contribution < 1.29 is 19.4 Å². The van der Waals surface area contributed by atoms with Crippen LogP contribution in [0.15, 0.2) is 6.07 Å². The van der Waals surface area contributed by atoms with E-state index in [0.717, 1.165) is 5.69 Å². The molecule has 2 rings (SSSR count). The molecule has 1 aliphatic heterocycles. The van der Waals surface area contributed by atoms with Gasteiger partial charge in [0.15, 0.2) is 6.04 Å². The molecule has 0 radical (unpaired) electrons. The zero-order valence-electron chi connectivity index (χ0n) is 11.0. The van der Waals surface area contributed by atoms with Gasteiger partial charge in [-0.2, -0.15) is 5.10 Å². The van der Waals surface area contributed by atoms with Gasteiger partial charge in [0.25, 0.3) is 5.91 Å². The molecule has 0 spiro atoms. The van der Waals surface area contributed by atoms with Crippen LogP contribution in [0.5, 0.6) is 0 Å². The van der Waals surface area contributed by atoms with E-state index in [1.807, 2.05) is 6.92 Å². The number of amides is 1. The van der Waals surface area contributed by atoms with Crippen LogP contribution in [0.2, 0.25) is 0 Å². The third-order valence-corrected chi connectivity index (χ3v) is 3.10. The van der Waals surface area contributed by atoms with Crippen molar-refractivity contribution in [1.82, 2.24) is 14.7 Å². The SMILES string of the molecule is CCn1nc(C)cc1C(=O)N1CCOCC1C(=O)O. The highest BCUT2D eigenvalue weighted by Crippen LogP contribution is 2.14. The van der Waals surface area contributed by atoms with E-state index < -0.39 is 12.0 Å². The van der Waals surface area contributed by atoms with E-state index in [9.17, 15) is 9.59 Å². The van der Waals surface area contributed by atoms with Crippen molar-refractivity contribution >= 4 is 11.9 Å².